The Morgan fingerprint density at radius 2 is 2.00 bits per heavy atom. The van der Waals surface area contributed by atoms with Gasteiger partial charge < -0.3 is 19.1 Å². The number of ether oxygens (including phenoxy) is 3. The summed E-state index contributed by atoms with van der Waals surface area (Å²) in [4.78, 5) is 14.8. The van der Waals surface area contributed by atoms with E-state index in [0.29, 0.717) is 30.2 Å². The van der Waals surface area contributed by atoms with Gasteiger partial charge in [0.05, 0.1) is 18.8 Å². The van der Waals surface area contributed by atoms with E-state index in [-0.39, 0.29) is 24.8 Å². The number of hydrogen-bond donors (Lipinski definition) is 0. The maximum absolute atomic E-state index is 12.8. The molecule has 5 nitrogen and oxygen atoms in total. The number of carbonyl (C=O) groups is 1. The zero-order valence-electron chi connectivity index (χ0n) is 11.9. The van der Waals surface area contributed by atoms with Crippen molar-refractivity contribution in [1.29, 1.82) is 0 Å². The van der Waals surface area contributed by atoms with Gasteiger partial charge in [-0.15, -0.1) is 0 Å². The van der Waals surface area contributed by atoms with Gasteiger partial charge in [0.15, 0.2) is 11.5 Å². The van der Waals surface area contributed by atoms with Crippen LogP contribution in [0.5, 0.6) is 11.5 Å². The number of benzene rings is 1. The second-order valence-corrected chi connectivity index (χ2v) is 5.83. The van der Waals surface area contributed by atoms with Crippen molar-refractivity contribution in [2.45, 2.75) is 37.8 Å². The molecule has 112 valence electrons. The average molecular weight is 289 g/mol. The van der Waals surface area contributed by atoms with Gasteiger partial charge in [0.2, 0.25) is 6.79 Å². The Morgan fingerprint density at radius 1 is 1.14 bits per heavy atom. The molecular weight excluding hydrogens is 270 g/mol. The first kappa shape index (κ1) is 13.0. The van der Waals surface area contributed by atoms with Crippen molar-refractivity contribution < 1.29 is 19.0 Å². The summed E-state index contributed by atoms with van der Waals surface area (Å²) < 4.78 is 16.5. The first-order valence-electron chi connectivity index (χ1n) is 7.65. The summed E-state index contributed by atoms with van der Waals surface area (Å²) in [6.45, 7) is 1.54. The van der Waals surface area contributed by atoms with Crippen LogP contribution in [-0.2, 0) is 4.74 Å². The Kier molecular flexibility index (Phi) is 3.22. The minimum Gasteiger partial charge on any atom is -0.454 e. The molecule has 0 unspecified atom stereocenters. The standard InChI is InChI=1S/C16H19NO4/c18-16(11-5-6-14-15(9-11)21-10-20-14)17-7-8-19-13-4-2-1-3-12(13)17/h5-6,9,12-13H,1-4,7-8,10H2/t12-,13+/m0/s1. The summed E-state index contributed by atoms with van der Waals surface area (Å²) in [5.74, 6) is 1.45. The van der Waals surface area contributed by atoms with E-state index in [1.54, 1.807) is 6.07 Å². The molecule has 1 aromatic carbocycles. The lowest BCUT2D eigenvalue weighted by atomic mass is 9.89. The van der Waals surface area contributed by atoms with Crippen molar-refractivity contribution in [1.82, 2.24) is 4.90 Å². The zero-order chi connectivity index (χ0) is 14.2. The van der Waals surface area contributed by atoms with E-state index in [4.69, 9.17) is 14.2 Å². The highest BCUT2D eigenvalue weighted by Gasteiger charge is 2.37. The van der Waals surface area contributed by atoms with Crippen LogP contribution in [-0.4, -0.2) is 42.9 Å². The zero-order valence-corrected chi connectivity index (χ0v) is 11.9. The van der Waals surface area contributed by atoms with Gasteiger partial charge in [0.25, 0.3) is 5.91 Å². The minimum absolute atomic E-state index is 0.0773. The second-order valence-electron chi connectivity index (χ2n) is 5.83. The summed E-state index contributed by atoms with van der Waals surface area (Å²) in [5.41, 5.74) is 0.672. The molecular formula is C16H19NO4. The van der Waals surface area contributed by atoms with E-state index in [9.17, 15) is 4.79 Å². The Bertz CT molecular complexity index is 557. The maximum atomic E-state index is 12.8. The predicted octanol–water partition coefficient (Wildman–Crippen LogP) is 2.20. The van der Waals surface area contributed by atoms with Crippen LogP contribution in [0.15, 0.2) is 18.2 Å². The molecule has 1 saturated heterocycles. The first-order chi connectivity index (χ1) is 10.3. The highest BCUT2D eigenvalue weighted by molar-refractivity contribution is 5.95. The maximum Gasteiger partial charge on any atom is 0.254 e. The summed E-state index contributed by atoms with van der Waals surface area (Å²) in [7, 11) is 0. The molecule has 4 rings (SSSR count). The molecule has 21 heavy (non-hydrogen) atoms. The summed E-state index contributed by atoms with van der Waals surface area (Å²) in [6, 6.07) is 5.65. The number of carbonyl (C=O) groups excluding carboxylic acids is 1. The van der Waals surface area contributed by atoms with Crippen molar-refractivity contribution in [3.05, 3.63) is 23.8 Å². The van der Waals surface area contributed by atoms with Crippen molar-refractivity contribution >= 4 is 5.91 Å². The molecule has 0 N–H and O–H groups in total. The third-order valence-electron chi connectivity index (χ3n) is 4.61. The molecule has 1 aliphatic carbocycles. The molecule has 2 heterocycles. The lowest BCUT2D eigenvalue weighted by Gasteiger charge is -2.43. The van der Waals surface area contributed by atoms with Gasteiger partial charge in [-0.25, -0.2) is 0 Å². The van der Waals surface area contributed by atoms with Crippen molar-refractivity contribution in [2.75, 3.05) is 19.9 Å². The smallest absolute Gasteiger partial charge is 0.254 e. The van der Waals surface area contributed by atoms with Crippen molar-refractivity contribution in [2.24, 2.45) is 0 Å². The monoisotopic (exact) mass is 289 g/mol. The largest absolute Gasteiger partial charge is 0.454 e. The van der Waals surface area contributed by atoms with Crippen LogP contribution in [0.1, 0.15) is 36.0 Å². The fourth-order valence-electron chi connectivity index (χ4n) is 3.54. The highest BCUT2D eigenvalue weighted by atomic mass is 16.7. The lowest BCUT2D eigenvalue weighted by molar-refractivity contribution is -0.0752. The highest BCUT2D eigenvalue weighted by Crippen LogP contribution is 2.34. The molecule has 0 spiro atoms. The van der Waals surface area contributed by atoms with Crippen LogP contribution in [0.3, 0.4) is 0 Å². The quantitative estimate of drug-likeness (QED) is 0.795. The van der Waals surface area contributed by atoms with Gasteiger partial charge in [-0.05, 0) is 31.0 Å². The lowest BCUT2D eigenvalue weighted by Crippen LogP contribution is -2.54. The number of nitrogens with zero attached hydrogens (tertiary/aromatic N) is 1. The van der Waals surface area contributed by atoms with Crippen LogP contribution >= 0.6 is 0 Å². The fourth-order valence-corrected chi connectivity index (χ4v) is 3.54. The van der Waals surface area contributed by atoms with Crippen molar-refractivity contribution in [3.63, 3.8) is 0 Å². The van der Waals surface area contributed by atoms with E-state index in [0.717, 1.165) is 12.8 Å². The van der Waals surface area contributed by atoms with E-state index in [1.807, 2.05) is 17.0 Å². The van der Waals surface area contributed by atoms with E-state index < -0.39 is 0 Å². The minimum atomic E-state index is 0.0773. The van der Waals surface area contributed by atoms with Gasteiger partial charge >= 0.3 is 0 Å². The Morgan fingerprint density at radius 3 is 2.95 bits per heavy atom. The molecule has 2 atom stereocenters. The van der Waals surface area contributed by atoms with Crippen LogP contribution < -0.4 is 9.47 Å². The molecule has 2 fully saturated rings. The van der Waals surface area contributed by atoms with E-state index in [1.165, 1.54) is 12.8 Å². The second kappa shape index (κ2) is 5.22. The molecule has 1 amide bonds. The van der Waals surface area contributed by atoms with Crippen LogP contribution in [0, 0.1) is 0 Å². The van der Waals surface area contributed by atoms with E-state index >= 15 is 0 Å². The number of hydrogen-bond acceptors (Lipinski definition) is 4. The SMILES string of the molecule is O=C(c1ccc2c(c1)OCO2)N1CCO[C@@H]2CCCC[C@@H]21. The number of fused-ring (bicyclic) bond motifs is 2. The van der Waals surface area contributed by atoms with Gasteiger partial charge in [0, 0.05) is 12.1 Å². The number of morpholine rings is 1. The molecule has 3 aliphatic rings. The topological polar surface area (TPSA) is 48.0 Å². The molecule has 5 heteroatoms. The van der Waals surface area contributed by atoms with Crippen LogP contribution in [0.2, 0.25) is 0 Å². The Labute approximate surface area is 123 Å². The molecule has 0 bridgehead atoms. The number of amides is 1. The fraction of sp³-hybridized carbons (Fsp3) is 0.562. The summed E-state index contributed by atoms with van der Waals surface area (Å²) in [5, 5.41) is 0. The van der Waals surface area contributed by atoms with Gasteiger partial charge in [0.1, 0.15) is 0 Å². The van der Waals surface area contributed by atoms with E-state index in [2.05, 4.69) is 0 Å². The van der Waals surface area contributed by atoms with Gasteiger partial charge in [-0.3, -0.25) is 4.79 Å². The Balaban J connectivity index is 1.58. The molecule has 0 aromatic heterocycles. The molecule has 1 aromatic rings. The normalized spacial score (nSPS) is 27.3. The third kappa shape index (κ3) is 2.25. The van der Waals surface area contributed by atoms with Crippen LogP contribution in [0.25, 0.3) is 0 Å². The van der Waals surface area contributed by atoms with Crippen LogP contribution in [0.4, 0.5) is 0 Å². The molecule has 0 radical (unpaired) electrons. The van der Waals surface area contributed by atoms with Gasteiger partial charge in [-0.1, -0.05) is 12.8 Å². The third-order valence-corrected chi connectivity index (χ3v) is 4.61. The summed E-state index contributed by atoms with van der Waals surface area (Å²) >= 11 is 0. The summed E-state index contributed by atoms with van der Waals surface area (Å²) in [6.07, 6.45) is 4.70. The number of rotatable bonds is 1. The van der Waals surface area contributed by atoms with Crippen molar-refractivity contribution in [3.8, 4) is 11.5 Å². The predicted molar refractivity (Wildman–Crippen MR) is 75.6 cm³/mol. The Hall–Kier alpha value is -1.75. The molecule has 2 aliphatic heterocycles. The first-order valence-corrected chi connectivity index (χ1v) is 7.65. The molecule has 1 saturated carbocycles. The van der Waals surface area contributed by atoms with Gasteiger partial charge in [-0.2, -0.15) is 0 Å². The average Bonchev–Trinajstić information content (AvgIpc) is 3.01.